The molecule has 1 heterocycles. The van der Waals surface area contributed by atoms with Gasteiger partial charge in [-0.15, -0.1) is 0 Å². The maximum Gasteiger partial charge on any atom is 0.408 e. The number of amides is 1. The number of nitrogens with zero attached hydrogens (tertiary/aromatic N) is 1. The number of rotatable bonds is 4. The summed E-state index contributed by atoms with van der Waals surface area (Å²) in [5.74, 6) is -1.13. The number of carboxylic acid groups (broad SMARTS) is 2. The highest BCUT2D eigenvalue weighted by molar-refractivity contribution is 5.80. The molecule has 0 saturated carbocycles. The van der Waals surface area contributed by atoms with Crippen LogP contribution in [-0.2, 0) is 16.1 Å². The fraction of sp³-hybridized carbons (Fsp3) is 0.385. The Balaban J connectivity index is 1.93. The lowest BCUT2D eigenvalue weighted by atomic mass is 10.2. The minimum absolute atomic E-state index is 0.0964. The van der Waals surface area contributed by atoms with Gasteiger partial charge in [-0.3, -0.25) is 4.90 Å². The van der Waals surface area contributed by atoms with E-state index in [1.165, 1.54) is 0 Å². The van der Waals surface area contributed by atoms with E-state index in [2.05, 4.69) is 0 Å². The summed E-state index contributed by atoms with van der Waals surface area (Å²) in [7, 11) is 0. The molecular weight excluding hydrogens is 250 g/mol. The smallest absolute Gasteiger partial charge is 0.408 e. The van der Waals surface area contributed by atoms with Crippen LogP contribution in [0.2, 0.25) is 0 Å². The number of likely N-dealkylation sites (tertiary alicyclic amines) is 1. The van der Waals surface area contributed by atoms with Gasteiger partial charge in [-0.1, -0.05) is 30.3 Å². The number of carboxylic acids is 1. The van der Waals surface area contributed by atoms with Crippen LogP contribution in [0.1, 0.15) is 12.0 Å². The molecule has 102 valence electrons. The highest BCUT2D eigenvalue weighted by Gasteiger charge is 2.40. The molecule has 2 rings (SSSR count). The first-order valence-corrected chi connectivity index (χ1v) is 5.96. The Bertz CT molecular complexity index is 439. The van der Waals surface area contributed by atoms with Crippen molar-refractivity contribution >= 4 is 12.1 Å². The third-order valence-electron chi connectivity index (χ3n) is 3.12. The second kappa shape index (κ2) is 5.71. The predicted molar refractivity (Wildman–Crippen MR) is 65.8 cm³/mol. The van der Waals surface area contributed by atoms with Crippen LogP contribution in [-0.4, -0.2) is 45.9 Å². The average Bonchev–Trinajstić information content (AvgIpc) is 2.82. The van der Waals surface area contributed by atoms with Gasteiger partial charge in [0.15, 0.2) is 0 Å². The van der Waals surface area contributed by atoms with Gasteiger partial charge in [0.05, 0.1) is 19.3 Å². The summed E-state index contributed by atoms with van der Waals surface area (Å²) in [6, 6.07) is 8.45. The Morgan fingerprint density at radius 2 is 1.95 bits per heavy atom. The number of hydrogen-bond donors (Lipinski definition) is 2. The van der Waals surface area contributed by atoms with Crippen molar-refractivity contribution in [3.05, 3.63) is 35.9 Å². The highest BCUT2D eigenvalue weighted by Crippen LogP contribution is 2.21. The standard InChI is InChI=1S/C13H15NO5/c15-12(16)11-6-10(7-14(11)13(17)18)19-8-9-4-2-1-3-5-9/h1-5,10-11H,6-8H2,(H,15,16)(H,17,18)/t10-,11+/m1/s1. The number of aliphatic carboxylic acids is 1. The van der Waals surface area contributed by atoms with Crippen molar-refractivity contribution < 1.29 is 24.5 Å². The maximum absolute atomic E-state index is 11.0. The molecular formula is C13H15NO5. The minimum atomic E-state index is -1.22. The average molecular weight is 265 g/mol. The molecule has 6 heteroatoms. The van der Waals surface area contributed by atoms with Crippen LogP contribution in [0.15, 0.2) is 30.3 Å². The van der Waals surface area contributed by atoms with E-state index in [9.17, 15) is 9.59 Å². The third kappa shape index (κ3) is 3.23. The van der Waals surface area contributed by atoms with E-state index in [0.29, 0.717) is 6.61 Å². The molecule has 0 bridgehead atoms. The first-order valence-electron chi connectivity index (χ1n) is 5.96. The van der Waals surface area contributed by atoms with E-state index >= 15 is 0 Å². The molecule has 2 N–H and O–H groups in total. The first kappa shape index (κ1) is 13.4. The molecule has 1 aliphatic heterocycles. The van der Waals surface area contributed by atoms with Crippen molar-refractivity contribution in [2.45, 2.75) is 25.2 Å². The molecule has 2 atom stereocenters. The first-order chi connectivity index (χ1) is 9.08. The summed E-state index contributed by atoms with van der Waals surface area (Å²) in [6.07, 6.45) is -1.41. The SMILES string of the molecule is O=C(O)[C@@H]1C[C@@H](OCc2ccccc2)CN1C(=O)O. The molecule has 6 nitrogen and oxygen atoms in total. The monoisotopic (exact) mass is 265 g/mol. The van der Waals surface area contributed by atoms with E-state index in [1.54, 1.807) is 0 Å². The lowest BCUT2D eigenvalue weighted by Crippen LogP contribution is -2.39. The molecule has 19 heavy (non-hydrogen) atoms. The molecule has 0 radical (unpaired) electrons. The number of benzene rings is 1. The summed E-state index contributed by atoms with van der Waals surface area (Å²) >= 11 is 0. The van der Waals surface area contributed by atoms with E-state index in [4.69, 9.17) is 14.9 Å². The van der Waals surface area contributed by atoms with Gasteiger partial charge >= 0.3 is 12.1 Å². The van der Waals surface area contributed by atoms with Gasteiger partial charge in [0.2, 0.25) is 0 Å². The third-order valence-corrected chi connectivity index (χ3v) is 3.12. The number of carbonyl (C=O) groups is 2. The van der Waals surface area contributed by atoms with Crippen LogP contribution >= 0.6 is 0 Å². The second-order valence-electron chi connectivity index (χ2n) is 4.44. The summed E-state index contributed by atoms with van der Waals surface area (Å²) in [5, 5.41) is 17.9. The largest absolute Gasteiger partial charge is 0.480 e. The summed E-state index contributed by atoms with van der Waals surface area (Å²) < 4.78 is 5.58. The van der Waals surface area contributed by atoms with Gasteiger partial charge in [-0.25, -0.2) is 9.59 Å². The van der Waals surface area contributed by atoms with Gasteiger partial charge in [0.1, 0.15) is 6.04 Å². The van der Waals surface area contributed by atoms with E-state index in [-0.39, 0.29) is 19.1 Å². The van der Waals surface area contributed by atoms with E-state index in [1.807, 2.05) is 30.3 Å². The lowest BCUT2D eigenvalue weighted by Gasteiger charge is -2.16. The van der Waals surface area contributed by atoms with Crippen LogP contribution in [0.3, 0.4) is 0 Å². The molecule has 0 aromatic heterocycles. The van der Waals surface area contributed by atoms with Crippen molar-refractivity contribution in [1.82, 2.24) is 4.90 Å². The van der Waals surface area contributed by atoms with Crippen LogP contribution in [0, 0.1) is 0 Å². The fourth-order valence-electron chi connectivity index (χ4n) is 2.15. The topological polar surface area (TPSA) is 87.1 Å². The summed E-state index contributed by atoms with van der Waals surface area (Å²) in [5.41, 5.74) is 0.975. The van der Waals surface area contributed by atoms with Crippen LogP contribution in [0.4, 0.5) is 4.79 Å². The molecule has 0 aliphatic carbocycles. The Labute approximate surface area is 110 Å². The molecule has 0 unspecified atom stereocenters. The lowest BCUT2D eigenvalue weighted by molar-refractivity contribution is -0.141. The normalized spacial score (nSPS) is 22.4. The molecule has 1 aliphatic rings. The van der Waals surface area contributed by atoms with Gasteiger partial charge in [-0.05, 0) is 5.56 Å². The van der Waals surface area contributed by atoms with Crippen LogP contribution in [0.5, 0.6) is 0 Å². The Morgan fingerprint density at radius 3 is 2.47 bits per heavy atom. The zero-order chi connectivity index (χ0) is 13.8. The molecule has 1 aromatic carbocycles. The molecule has 1 fully saturated rings. The summed E-state index contributed by atoms with van der Waals surface area (Å²) in [6.45, 7) is 0.449. The highest BCUT2D eigenvalue weighted by atomic mass is 16.5. The minimum Gasteiger partial charge on any atom is -0.480 e. The zero-order valence-corrected chi connectivity index (χ0v) is 10.2. The number of ether oxygens (including phenoxy) is 1. The second-order valence-corrected chi connectivity index (χ2v) is 4.44. The molecule has 1 amide bonds. The van der Waals surface area contributed by atoms with Crippen LogP contribution < -0.4 is 0 Å². The van der Waals surface area contributed by atoms with E-state index in [0.717, 1.165) is 10.5 Å². The molecule has 0 spiro atoms. The van der Waals surface area contributed by atoms with Gasteiger partial charge < -0.3 is 14.9 Å². The maximum atomic E-state index is 11.0. The zero-order valence-electron chi connectivity index (χ0n) is 10.2. The number of hydrogen-bond acceptors (Lipinski definition) is 3. The van der Waals surface area contributed by atoms with Crippen molar-refractivity contribution in [3.8, 4) is 0 Å². The van der Waals surface area contributed by atoms with Crippen molar-refractivity contribution in [1.29, 1.82) is 0 Å². The van der Waals surface area contributed by atoms with Gasteiger partial charge in [0.25, 0.3) is 0 Å². The van der Waals surface area contributed by atoms with Crippen molar-refractivity contribution in [3.63, 3.8) is 0 Å². The van der Waals surface area contributed by atoms with Gasteiger partial charge in [0, 0.05) is 6.42 Å². The predicted octanol–water partition coefficient (Wildman–Crippen LogP) is 1.41. The van der Waals surface area contributed by atoms with E-state index < -0.39 is 18.1 Å². The van der Waals surface area contributed by atoms with Gasteiger partial charge in [-0.2, -0.15) is 0 Å². The quantitative estimate of drug-likeness (QED) is 0.859. The Hall–Kier alpha value is -2.08. The van der Waals surface area contributed by atoms with Crippen molar-refractivity contribution in [2.75, 3.05) is 6.54 Å². The Kier molecular flexibility index (Phi) is 4.01. The molecule has 1 aromatic rings. The molecule has 1 saturated heterocycles. The van der Waals surface area contributed by atoms with Crippen LogP contribution in [0.25, 0.3) is 0 Å². The summed E-state index contributed by atoms with van der Waals surface area (Å²) in [4.78, 5) is 22.8. The van der Waals surface area contributed by atoms with Crippen molar-refractivity contribution in [2.24, 2.45) is 0 Å². The Morgan fingerprint density at radius 1 is 1.26 bits per heavy atom. The fourth-order valence-corrected chi connectivity index (χ4v) is 2.15.